The fraction of sp³-hybridized carbons (Fsp3) is 0.0667. The highest BCUT2D eigenvalue weighted by Crippen LogP contribution is 2.20. The molecular formula is C15H11Cl2FN2O2S. The van der Waals surface area contributed by atoms with Gasteiger partial charge in [-0.2, -0.15) is 0 Å². The van der Waals surface area contributed by atoms with Crippen molar-refractivity contribution >= 4 is 46.8 Å². The molecule has 4 nitrogen and oxygen atoms in total. The molecule has 0 aliphatic rings. The van der Waals surface area contributed by atoms with E-state index in [1.165, 1.54) is 17.8 Å². The Balaban J connectivity index is 1.81. The lowest BCUT2D eigenvalue weighted by atomic mass is 10.2. The van der Waals surface area contributed by atoms with Gasteiger partial charge >= 0.3 is 0 Å². The molecule has 0 spiro atoms. The van der Waals surface area contributed by atoms with E-state index in [9.17, 15) is 14.0 Å². The van der Waals surface area contributed by atoms with Crippen LogP contribution in [0.4, 0.5) is 4.39 Å². The zero-order valence-corrected chi connectivity index (χ0v) is 13.9. The van der Waals surface area contributed by atoms with E-state index >= 15 is 0 Å². The van der Waals surface area contributed by atoms with E-state index in [1.54, 1.807) is 24.3 Å². The van der Waals surface area contributed by atoms with Crippen LogP contribution < -0.4 is 10.9 Å². The molecule has 2 N–H and O–H groups in total. The molecule has 8 heteroatoms. The number of hydrazine groups is 1. The molecule has 0 saturated carbocycles. The number of thioether (sulfide) groups is 1. The average Bonchev–Trinajstić information content (AvgIpc) is 2.52. The highest BCUT2D eigenvalue weighted by atomic mass is 35.5. The van der Waals surface area contributed by atoms with Crippen molar-refractivity contribution in [2.45, 2.75) is 4.90 Å². The minimum Gasteiger partial charge on any atom is -0.272 e. The van der Waals surface area contributed by atoms with Crippen LogP contribution in [0.3, 0.4) is 0 Å². The van der Waals surface area contributed by atoms with Crippen molar-refractivity contribution in [1.82, 2.24) is 10.9 Å². The van der Waals surface area contributed by atoms with Gasteiger partial charge in [-0.3, -0.25) is 20.4 Å². The first-order valence-corrected chi connectivity index (χ1v) is 8.12. The molecule has 120 valence electrons. The molecular weight excluding hydrogens is 362 g/mol. The van der Waals surface area contributed by atoms with Crippen LogP contribution >= 0.6 is 35.0 Å². The topological polar surface area (TPSA) is 58.2 Å². The molecule has 2 aromatic carbocycles. The Hall–Kier alpha value is -1.76. The van der Waals surface area contributed by atoms with E-state index in [0.29, 0.717) is 5.02 Å². The van der Waals surface area contributed by atoms with Crippen LogP contribution in [0.2, 0.25) is 10.0 Å². The zero-order valence-electron chi connectivity index (χ0n) is 11.6. The zero-order chi connectivity index (χ0) is 16.8. The summed E-state index contributed by atoms with van der Waals surface area (Å²) in [4.78, 5) is 24.4. The molecule has 0 saturated heterocycles. The van der Waals surface area contributed by atoms with Crippen molar-refractivity contribution in [3.63, 3.8) is 0 Å². The Morgan fingerprint density at radius 1 is 1.04 bits per heavy atom. The van der Waals surface area contributed by atoms with E-state index in [0.717, 1.165) is 17.0 Å². The molecule has 0 heterocycles. The number of amides is 2. The second-order valence-corrected chi connectivity index (χ2v) is 6.26. The van der Waals surface area contributed by atoms with Crippen molar-refractivity contribution in [3.8, 4) is 0 Å². The van der Waals surface area contributed by atoms with E-state index in [-0.39, 0.29) is 16.3 Å². The number of hydrogen-bond donors (Lipinski definition) is 2. The number of carbonyl (C=O) groups excluding carboxylic acids is 2. The summed E-state index contributed by atoms with van der Waals surface area (Å²) in [5, 5.41) is 0.578. The average molecular weight is 373 g/mol. The van der Waals surface area contributed by atoms with E-state index in [4.69, 9.17) is 23.2 Å². The van der Waals surface area contributed by atoms with Crippen molar-refractivity contribution in [1.29, 1.82) is 0 Å². The fourth-order valence-corrected chi connectivity index (χ4v) is 2.66. The summed E-state index contributed by atoms with van der Waals surface area (Å²) in [7, 11) is 0. The summed E-state index contributed by atoms with van der Waals surface area (Å²) in [5.74, 6) is -1.45. The summed E-state index contributed by atoms with van der Waals surface area (Å²) in [5.41, 5.74) is 4.56. The van der Waals surface area contributed by atoms with Gasteiger partial charge in [0.1, 0.15) is 5.82 Å². The molecule has 23 heavy (non-hydrogen) atoms. The SMILES string of the molecule is O=C(CSc1ccc(Cl)cc1)NNC(=O)c1ccc(F)cc1Cl. The van der Waals surface area contributed by atoms with Crippen LogP contribution in [-0.2, 0) is 4.79 Å². The Bertz CT molecular complexity index is 726. The van der Waals surface area contributed by atoms with Crippen molar-refractivity contribution in [2.24, 2.45) is 0 Å². The molecule has 0 aliphatic carbocycles. The van der Waals surface area contributed by atoms with Crippen LogP contribution in [0.25, 0.3) is 0 Å². The van der Waals surface area contributed by atoms with Gasteiger partial charge in [-0.05, 0) is 42.5 Å². The van der Waals surface area contributed by atoms with Crippen molar-refractivity contribution < 1.29 is 14.0 Å². The van der Waals surface area contributed by atoms with E-state index < -0.39 is 17.6 Å². The lowest BCUT2D eigenvalue weighted by molar-refractivity contribution is -0.119. The molecule has 2 amide bonds. The predicted molar refractivity (Wildman–Crippen MR) is 89.2 cm³/mol. The van der Waals surface area contributed by atoms with Crippen molar-refractivity contribution in [3.05, 3.63) is 63.9 Å². The van der Waals surface area contributed by atoms with Gasteiger partial charge in [0.25, 0.3) is 5.91 Å². The molecule has 0 unspecified atom stereocenters. The van der Waals surface area contributed by atoms with Gasteiger partial charge in [-0.15, -0.1) is 11.8 Å². The number of benzene rings is 2. The van der Waals surface area contributed by atoms with Gasteiger partial charge < -0.3 is 0 Å². The maximum Gasteiger partial charge on any atom is 0.271 e. The smallest absolute Gasteiger partial charge is 0.271 e. The van der Waals surface area contributed by atoms with Crippen LogP contribution in [0, 0.1) is 5.82 Å². The van der Waals surface area contributed by atoms with Crippen LogP contribution in [0.15, 0.2) is 47.4 Å². The quantitative estimate of drug-likeness (QED) is 0.635. The molecule has 2 aromatic rings. The summed E-state index contributed by atoms with van der Waals surface area (Å²) in [6, 6.07) is 10.4. The van der Waals surface area contributed by atoms with Crippen LogP contribution in [0.1, 0.15) is 10.4 Å². The predicted octanol–water partition coefficient (Wildman–Crippen LogP) is 3.69. The van der Waals surface area contributed by atoms with Gasteiger partial charge in [0.15, 0.2) is 0 Å². The van der Waals surface area contributed by atoms with E-state index in [2.05, 4.69) is 10.9 Å². The van der Waals surface area contributed by atoms with Gasteiger partial charge in [0.2, 0.25) is 5.91 Å². The highest BCUT2D eigenvalue weighted by Gasteiger charge is 2.12. The monoisotopic (exact) mass is 372 g/mol. The number of halogens is 3. The second kappa shape index (κ2) is 8.19. The summed E-state index contributed by atoms with van der Waals surface area (Å²) < 4.78 is 12.9. The van der Waals surface area contributed by atoms with Gasteiger partial charge in [-0.25, -0.2) is 4.39 Å². The third kappa shape index (κ3) is 5.42. The first-order valence-electron chi connectivity index (χ1n) is 6.38. The van der Waals surface area contributed by atoms with Crippen LogP contribution in [-0.4, -0.2) is 17.6 Å². The minimum atomic E-state index is -0.625. The Labute approximate surface area is 146 Å². The summed E-state index contributed by atoms with van der Waals surface area (Å²) in [6.07, 6.45) is 0. The summed E-state index contributed by atoms with van der Waals surface area (Å²) >= 11 is 12.8. The van der Waals surface area contributed by atoms with Gasteiger partial charge in [0.05, 0.1) is 16.3 Å². The fourth-order valence-electron chi connectivity index (χ4n) is 1.58. The largest absolute Gasteiger partial charge is 0.272 e. The third-order valence-electron chi connectivity index (χ3n) is 2.67. The van der Waals surface area contributed by atoms with Crippen LogP contribution in [0.5, 0.6) is 0 Å². The first kappa shape index (κ1) is 17.6. The highest BCUT2D eigenvalue weighted by molar-refractivity contribution is 8.00. The number of rotatable bonds is 4. The lowest BCUT2D eigenvalue weighted by Crippen LogP contribution is -2.42. The molecule has 0 fully saturated rings. The third-order valence-corrected chi connectivity index (χ3v) is 4.25. The second-order valence-electron chi connectivity index (χ2n) is 4.37. The lowest BCUT2D eigenvalue weighted by Gasteiger charge is -2.08. The molecule has 0 aliphatic heterocycles. The molecule has 0 bridgehead atoms. The molecule has 2 rings (SSSR count). The number of nitrogens with one attached hydrogen (secondary N) is 2. The number of hydrogen-bond acceptors (Lipinski definition) is 3. The minimum absolute atomic E-state index is 0.0349. The Morgan fingerprint density at radius 3 is 2.39 bits per heavy atom. The summed E-state index contributed by atoms with van der Waals surface area (Å²) in [6.45, 7) is 0. The van der Waals surface area contributed by atoms with E-state index in [1.807, 2.05) is 0 Å². The normalized spacial score (nSPS) is 10.2. The molecule has 0 radical (unpaired) electrons. The Morgan fingerprint density at radius 2 is 1.74 bits per heavy atom. The number of carbonyl (C=O) groups is 2. The maximum absolute atomic E-state index is 12.9. The van der Waals surface area contributed by atoms with Gasteiger partial charge in [-0.1, -0.05) is 23.2 Å². The first-order chi connectivity index (χ1) is 11.0. The van der Waals surface area contributed by atoms with Gasteiger partial charge in [0, 0.05) is 9.92 Å². The Kier molecular flexibility index (Phi) is 6.27. The molecule has 0 atom stereocenters. The standard InChI is InChI=1S/C15H11Cl2FN2O2S/c16-9-1-4-11(5-2-9)23-8-14(21)19-20-15(22)12-6-3-10(18)7-13(12)17/h1-7H,8H2,(H,19,21)(H,20,22). The molecule has 0 aromatic heterocycles. The van der Waals surface area contributed by atoms with Crippen molar-refractivity contribution in [2.75, 3.05) is 5.75 Å². The maximum atomic E-state index is 12.9.